The number of hydrogen-bond acceptors (Lipinski definition) is 3. The lowest BCUT2D eigenvalue weighted by Gasteiger charge is -2.06. The van der Waals surface area contributed by atoms with Gasteiger partial charge in [-0.1, -0.05) is 0 Å². The zero-order chi connectivity index (χ0) is 14.0. The summed E-state index contributed by atoms with van der Waals surface area (Å²) in [5.41, 5.74) is 1.94. The highest BCUT2D eigenvalue weighted by Crippen LogP contribution is 2.08. The Morgan fingerprint density at radius 1 is 1.47 bits per heavy atom. The average Bonchev–Trinajstić information content (AvgIpc) is 2.64. The Morgan fingerprint density at radius 3 is 2.79 bits per heavy atom. The van der Waals surface area contributed by atoms with Crippen molar-refractivity contribution in [3.8, 4) is 0 Å². The Hall–Kier alpha value is -2.24. The zero-order valence-electron chi connectivity index (χ0n) is 11.1. The Balaban J connectivity index is 2.09. The molecule has 0 aromatic carbocycles. The van der Waals surface area contributed by atoms with Gasteiger partial charge in [-0.15, -0.1) is 0 Å². The highest BCUT2D eigenvalue weighted by Gasteiger charge is 2.13. The second-order valence-corrected chi connectivity index (χ2v) is 4.30. The molecule has 0 saturated heterocycles. The van der Waals surface area contributed by atoms with E-state index >= 15 is 0 Å². The fourth-order valence-electron chi connectivity index (χ4n) is 1.76. The summed E-state index contributed by atoms with van der Waals surface area (Å²) in [4.78, 5) is 19.8. The summed E-state index contributed by atoms with van der Waals surface area (Å²) in [6.45, 7) is 4.12. The van der Waals surface area contributed by atoms with E-state index in [-0.39, 0.29) is 12.1 Å². The monoisotopic (exact) mass is 262 g/mol. The summed E-state index contributed by atoms with van der Waals surface area (Å²) < 4.78 is 15.3. The van der Waals surface area contributed by atoms with E-state index in [1.165, 1.54) is 12.3 Å². The number of imidazole rings is 1. The van der Waals surface area contributed by atoms with Gasteiger partial charge >= 0.3 is 0 Å². The molecule has 2 rings (SSSR count). The lowest BCUT2D eigenvalue weighted by atomic mass is 10.2. The topological polar surface area (TPSA) is 59.8 Å². The van der Waals surface area contributed by atoms with Crippen LogP contribution in [0.4, 0.5) is 4.39 Å². The number of carbonyl (C=O) groups is 1. The molecule has 2 heterocycles. The molecule has 6 heteroatoms. The van der Waals surface area contributed by atoms with E-state index in [4.69, 9.17) is 0 Å². The maximum absolute atomic E-state index is 13.4. The maximum atomic E-state index is 13.4. The van der Waals surface area contributed by atoms with Crippen molar-refractivity contribution in [3.05, 3.63) is 47.1 Å². The Labute approximate surface area is 110 Å². The second kappa shape index (κ2) is 5.17. The predicted octanol–water partition coefficient (Wildman–Crippen LogP) is 1.50. The van der Waals surface area contributed by atoms with Crippen molar-refractivity contribution in [2.24, 2.45) is 7.05 Å². The number of pyridine rings is 1. The molecule has 0 aliphatic carbocycles. The molecule has 0 radical (unpaired) electrons. The fourth-order valence-corrected chi connectivity index (χ4v) is 1.76. The van der Waals surface area contributed by atoms with Gasteiger partial charge in [0.15, 0.2) is 5.82 Å². The molecule has 5 nitrogen and oxygen atoms in total. The van der Waals surface area contributed by atoms with Crippen LogP contribution >= 0.6 is 0 Å². The number of carbonyl (C=O) groups excluding carboxylic acids is 1. The summed E-state index contributed by atoms with van der Waals surface area (Å²) in [6.07, 6.45) is 2.40. The SMILES string of the molecule is Cc1nc(CNC(=O)c2ccncc2F)n(C)c1C. The average molecular weight is 262 g/mol. The van der Waals surface area contributed by atoms with Crippen LogP contribution in [-0.4, -0.2) is 20.4 Å². The van der Waals surface area contributed by atoms with Crippen molar-refractivity contribution in [1.29, 1.82) is 0 Å². The number of nitrogens with zero attached hydrogens (tertiary/aromatic N) is 3. The minimum absolute atomic E-state index is 0.0161. The third-order valence-corrected chi connectivity index (χ3v) is 3.13. The third kappa shape index (κ3) is 2.62. The molecule has 0 saturated carbocycles. The van der Waals surface area contributed by atoms with E-state index in [1.807, 2.05) is 25.5 Å². The molecule has 0 fully saturated rings. The van der Waals surface area contributed by atoms with E-state index in [1.54, 1.807) is 0 Å². The van der Waals surface area contributed by atoms with Crippen molar-refractivity contribution < 1.29 is 9.18 Å². The summed E-state index contributed by atoms with van der Waals surface area (Å²) >= 11 is 0. The summed E-state index contributed by atoms with van der Waals surface area (Å²) in [6, 6.07) is 1.35. The first kappa shape index (κ1) is 13.2. The predicted molar refractivity (Wildman–Crippen MR) is 68.0 cm³/mol. The molecule has 2 aromatic rings. The van der Waals surface area contributed by atoms with Gasteiger partial charge in [0, 0.05) is 18.9 Å². The molecule has 100 valence electrons. The molecular weight excluding hydrogens is 247 g/mol. The first-order chi connectivity index (χ1) is 9.00. The van der Waals surface area contributed by atoms with E-state index < -0.39 is 11.7 Å². The minimum Gasteiger partial charge on any atom is -0.345 e. The molecule has 0 aliphatic rings. The third-order valence-electron chi connectivity index (χ3n) is 3.13. The van der Waals surface area contributed by atoms with Gasteiger partial charge in [-0.2, -0.15) is 0 Å². The van der Waals surface area contributed by atoms with Gasteiger partial charge in [0.05, 0.1) is 24.0 Å². The van der Waals surface area contributed by atoms with Crippen molar-refractivity contribution >= 4 is 5.91 Å². The van der Waals surface area contributed by atoms with Crippen LogP contribution in [0.3, 0.4) is 0 Å². The lowest BCUT2D eigenvalue weighted by Crippen LogP contribution is -2.25. The van der Waals surface area contributed by atoms with Crippen molar-refractivity contribution in [3.63, 3.8) is 0 Å². The summed E-state index contributed by atoms with van der Waals surface area (Å²) in [5.74, 6) is -0.372. The Morgan fingerprint density at radius 2 is 2.21 bits per heavy atom. The smallest absolute Gasteiger partial charge is 0.254 e. The van der Waals surface area contributed by atoms with Gasteiger partial charge in [0.2, 0.25) is 0 Å². The van der Waals surface area contributed by atoms with Crippen LogP contribution in [0.1, 0.15) is 27.6 Å². The van der Waals surface area contributed by atoms with Crippen LogP contribution < -0.4 is 5.32 Å². The highest BCUT2D eigenvalue weighted by molar-refractivity contribution is 5.94. The molecule has 2 aromatic heterocycles. The first-order valence-electron chi connectivity index (χ1n) is 5.87. The quantitative estimate of drug-likeness (QED) is 0.912. The standard InChI is InChI=1S/C13H15FN4O/c1-8-9(2)18(3)12(17-8)7-16-13(19)10-4-5-15-6-11(10)14/h4-6H,7H2,1-3H3,(H,16,19). The van der Waals surface area contributed by atoms with Gasteiger partial charge in [-0.05, 0) is 19.9 Å². The lowest BCUT2D eigenvalue weighted by molar-refractivity contribution is 0.0945. The minimum atomic E-state index is -0.632. The van der Waals surface area contributed by atoms with E-state index in [0.717, 1.165) is 23.4 Å². The van der Waals surface area contributed by atoms with Crippen LogP contribution in [0.2, 0.25) is 0 Å². The number of halogens is 1. The second-order valence-electron chi connectivity index (χ2n) is 4.30. The first-order valence-corrected chi connectivity index (χ1v) is 5.87. The summed E-state index contributed by atoms with van der Waals surface area (Å²) in [5, 5.41) is 2.65. The number of aryl methyl sites for hydroxylation is 1. The van der Waals surface area contributed by atoms with Gasteiger partial charge in [-0.3, -0.25) is 9.78 Å². The van der Waals surface area contributed by atoms with E-state index in [0.29, 0.717) is 0 Å². The summed E-state index contributed by atoms with van der Waals surface area (Å²) in [7, 11) is 1.88. The zero-order valence-corrected chi connectivity index (χ0v) is 11.1. The van der Waals surface area contributed by atoms with Crippen LogP contribution in [0.5, 0.6) is 0 Å². The van der Waals surface area contributed by atoms with Gasteiger partial charge in [0.1, 0.15) is 5.82 Å². The van der Waals surface area contributed by atoms with Crippen LogP contribution in [0.15, 0.2) is 18.5 Å². The molecule has 0 atom stereocenters. The van der Waals surface area contributed by atoms with Crippen molar-refractivity contribution in [2.75, 3.05) is 0 Å². The van der Waals surface area contributed by atoms with Crippen LogP contribution in [-0.2, 0) is 13.6 Å². The van der Waals surface area contributed by atoms with Crippen molar-refractivity contribution in [2.45, 2.75) is 20.4 Å². The number of rotatable bonds is 3. The number of nitrogens with one attached hydrogen (secondary N) is 1. The normalized spacial score (nSPS) is 10.5. The maximum Gasteiger partial charge on any atom is 0.254 e. The van der Waals surface area contributed by atoms with E-state index in [9.17, 15) is 9.18 Å². The number of amides is 1. The molecule has 0 aliphatic heterocycles. The largest absolute Gasteiger partial charge is 0.345 e. The van der Waals surface area contributed by atoms with Gasteiger partial charge < -0.3 is 9.88 Å². The molecular formula is C13H15FN4O. The Kier molecular flexibility index (Phi) is 3.59. The van der Waals surface area contributed by atoms with Crippen LogP contribution in [0.25, 0.3) is 0 Å². The molecule has 1 N–H and O–H groups in total. The number of aromatic nitrogens is 3. The molecule has 0 bridgehead atoms. The van der Waals surface area contributed by atoms with Crippen molar-refractivity contribution in [1.82, 2.24) is 19.9 Å². The molecule has 0 unspecified atom stereocenters. The molecule has 0 spiro atoms. The van der Waals surface area contributed by atoms with E-state index in [2.05, 4.69) is 15.3 Å². The van der Waals surface area contributed by atoms with Gasteiger partial charge in [0.25, 0.3) is 5.91 Å². The molecule has 19 heavy (non-hydrogen) atoms. The number of hydrogen-bond donors (Lipinski definition) is 1. The van der Waals surface area contributed by atoms with Crippen LogP contribution in [0, 0.1) is 19.7 Å². The highest BCUT2D eigenvalue weighted by atomic mass is 19.1. The van der Waals surface area contributed by atoms with Gasteiger partial charge in [-0.25, -0.2) is 9.37 Å². The Bertz CT molecular complexity index is 621. The fraction of sp³-hybridized carbons (Fsp3) is 0.308. The molecule has 1 amide bonds.